The van der Waals surface area contributed by atoms with E-state index in [1.807, 2.05) is 51.1 Å². The number of anilines is 1. The molecule has 1 saturated heterocycles. The van der Waals surface area contributed by atoms with Crippen molar-refractivity contribution in [1.82, 2.24) is 14.8 Å². The molecule has 0 radical (unpaired) electrons. The van der Waals surface area contributed by atoms with Crippen LogP contribution in [0.1, 0.15) is 29.5 Å². The summed E-state index contributed by atoms with van der Waals surface area (Å²) in [5, 5.41) is 4.19. The lowest BCUT2D eigenvalue weighted by molar-refractivity contribution is -0.118. The summed E-state index contributed by atoms with van der Waals surface area (Å²) in [5.41, 5.74) is 4.16. The maximum Gasteiger partial charge on any atom is 0.238 e. The van der Waals surface area contributed by atoms with Gasteiger partial charge in [-0.3, -0.25) is 14.6 Å². The van der Waals surface area contributed by atoms with Gasteiger partial charge in [-0.05, 0) is 57.4 Å². The summed E-state index contributed by atoms with van der Waals surface area (Å²) < 4.78 is 7.18. The van der Waals surface area contributed by atoms with Crippen molar-refractivity contribution in [1.29, 1.82) is 0 Å². The standard InChI is InChI=1S/C26H34N4O2S/c1-18-7-5-8-19(2)26(18)28-25(31)17-29-12-13-30(20(3)16-29)11-6-14-32-22-9-10-24-23(15-22)27-21(4)33-24/h5,7-10,15,20H,6,11-14,16-17H2,1-4H3,(H,28,31)/t20-/m0/s1. The largest absolute Gasteiger partial charge is 0.493 e. The third-order valence-electron chi connectivity index (χ3n) is 6.29. The fourth-order valence-electron chi connectivity index (χ4n) is 4.51. The number of aryl methyl sites for hydroxylation is 3. The number of amides is 1. The Morgan fingerprint density at radius 2 is 1.97 bits per heavy atom. The molecule has 0 saturated carbocycles. The van der Waals surface area contributed by atoms with Crippen LogP contribution in [0.15, 0.2) is 36.4 Å². The summed E-state index contributed by atoms with van der Waals surface area (Å²) >= 11 is 1.71. The van der Waals surface area contributed by atoms with Gasteiger partial charge < -0.3 is 10.1 Å². The molecule has 0 spiro atoms. The van der Waals surface area contributed by atoms with Crippen LogP contribution in [-0.4, -0.2) is 66.1 Å². The Hall–Kier alpha value is -2.48. The topological polar surface area (TPSA) is 57.7 Å². The number of aromatic nitrogens is 1. The van der Waals surface area contributed by atoms with E-state index in [1.54, 1.807) is 11.3 Å². The Balaban J connectivity index is 1.18. The van der Waals surface area contributed by atoms with Crippen LogP contribution in [0, 0.1) is 20.8 Å². The van der Waals surface area contributed by atoms with Crippen LogP contribution in [-0.2, 0) is 4.79 Å². The predicted octanol–water partition coefficient (Wildman–Crippen LogP) is 4.64. The molecule has 1 fully saturated rings. The van der Waals surface area contributed by atoms with Crippen molar-refractivity contribution in [3.8, 4) is 5.75 Å². The Morgan fingerprint density at radius 1 is 1.18 bits per heavy atom. The normalized spacial score (nSPS) is 17.4. The highest BCUT2D eigenvalue weighted by molar-refractivity contribution is 7.18. The van der Waals surface area contributed by atoms with Gasteiger partial charge in [0, 0.05) is 44.0 Å². The van der Waals surface area contributed by atoms with Crippen molar-refractivity contribution in [2.45, 2.75) is 40.2 Å². The van der Waals surface area contributed by atoms with E-state index in [9.17, 15) is 4.79 Å². The Bertz CT molecular complexity index is 1090. The van der Waals surface area contributed by atoms with Crippen LogP contribution >= 0.6 is 11.3 Å². The molecular weight excluding hydrogens is 432 g/mol. The average Bonchev–Trinajstić information content (AvgIpc) is 3.14. The summed E-state index contributed by atoms with van der Waals surface area (Å²) in [6.45, 7) is 13.3. The second-order valence-corrected chi connectivity index (χ2v) is 10.2. The molecule has 6 nitrogen and oxygen atoms in total. The number of piperazine rings is 1. The maximum atomic E-state index is 12.6. The Morgan fingerprint density at radius 3 is 2.73 bits per heavy atom. The molecular formula is C26H34N4O2S. The summed E-state index contributed by atoms with van der Waals surface area (Å²) in [6, 6.07) is 12.7. The highest BCUT2D eigenvalue weighted by Gasteiger charge is 2.24. The van der Waals surface area contributed by atoms with Crippen molar-refractivity contribution in [2.75, 3.05) is 44.6 Å². The molecule has 7 heteroatoms. The van der Waals surface area contributed by atoms with Crippen molar-refractivity contribution >= 4 is 33.1 Å². The zero-order chi connectivity index (χ0) is 23.4. The van der Waals surface area contributed by atoms with Gasteiger partial charge in [0.1, 0.15) is 5.75 Å². The summed E-state index contributed by atoms with van der Waals surface area (Å²) in [4.78, 5) is 21.9. The fourth-order valence-corrected chi connectivity index (χ4v) is 5.32. The Labute approximate surface area is 200 Å². The van der Waals surface area contributed by atoms with Gasteiger partial charge in [0.05, 0.1) is 28.4 Å². The molecule has 2 aromatic carbocycles. The second kappa shape index (κ2) is 10.6. The fraction of sp³-hybridized carbons (Fsp3) is 0.462. The monoisotopic (exact) mass is 466 g/mol. The first-order valence-corrected chi connectivity index (χ1v) is 12.5. The average molecular weight is 467 g/mol. The lowest BCUT2D eigenvalue weighted by atomic mass is 10.1. The summed E-state index contributed by atoms with van der Waals surface area (Å²) in [7, 11) is 0. The van der Waals surface area contributed by atoms with Crippen molar-refractivity contribution < 1.29 is 9.53 Å². The third kappa shape index (κ3) is 6.10. The Kier molecular flexibility index (Phi) is 7.63. The first-order chi connectivity index (χ1) is 15.9. The molecule has 1 aromatic heterocycles. The smallest absolute Gasteiger partial charge is 0.238 e. The molecule has 3 aromatic rings. The van der Waals surface area contributed by atoms with E-state index in [0.717, 1.165) is 65.7 Å². The molecule has 4 rings (SSSR count). The number of carbonyl (C=O) groups excluding carboxylic acids is 1. The second-order valence-electron chi connectivity index (χ2n) is 9.00. The lowest BCUT2D eigenvalue weighted by Gasteiger charge is -2.39. The number of fused-ring (bicyclic) bond motifs is 1. The molecule has 1 amide bonds. The van der Waals surface area contributed by atoms with E-state index < -0.39 is 0 Å². The molecule has 1 N–H and O–H groups in total. The van der Waals surface area contributed by atoms with E-state index in [4.69, 9.17) is 4.74 Å². The number of para-hydroxylation sites is 1. The first kappa shape index (κ1) is 23.7. The van der Waals surface area contributed by atoms with Gasteiger partial charge in [-0.15, -0.1) is 11.3 Å². The molecule has 1 aliphatic heterocycles. The lowest BCUT2D eigenvalue weighted by Crippen LogP contribution is -2.53. The highest BCUT2D eigenvalue weighted by atomic mass is 32.1. The van der Waals surface area contributed by atoms with Gasteiger partial charge >= 0.3 is 0 Å². The van der Waals surface area contributed by atoms with Crippen molar-refractivity contribution in [3.05, 3.63) is 52.5 Å². The van der Waals surface area contributed by atoms with Crippen LogP contribution in [0.4, 0.5) is 5.69 Å². The minimum atomic E-state index is 0.0636. The van der Waals surface area contributed by atoms with E-state index in [1.165, 1.54) is 4.70 Å². The zero-order valence-corrected chi connectivity index (χ0v) is 20.9. The van der Waals surface area contributed by atoms with Gasteiger partial charge in [-0.25, -0.2) is 4.98 Å². The molecule has 2 heterocycles. The molecule has 176 valence electrons. The molecule has 1 aliphatic rings. The molecule has 0 bridgehead atoms. The predicted molar refractivity (Wildman–Crippen MR) is 136 cm³/mol. The number of nitrogens with one attached hydrogen (secondary N) is 1. The summed E-state index contributed by atoms with van der Waals surface area (Å²) in [6.07, 6.45) is 0.978. The number of benzene rings is 2. The van der Waals surface area contributed by atoms with E-state index in [2.05, 4.69) is 33.1 Å². The first-order valence-electron chi connectivity index (χ1n) is 11.7. The van der Waals surface area contributed by atoms with Crippen molar-refractivity contribution in [3.63, 3.8) is 0 Å². The SMILES string of the molecule is Cc1nc2cc(OCCCN3CCN(CC(=O)Nc4c(C)cccc4C)C[C@@H]3C)ccc2s1. The van der Waals surface area contributed by atoms with E-state index in [0.29, 0.717) is 19.2 Å². The quantitative estimate of drug-likeness (QED) is 0.491. The van der Waals surface area contributed by atoms with Gasteiger partial charge in [0.2, 0.25) is 5.91 Å². The zero-order valence-electron chi connectivity index (χ0n) is 20.1. The van der Waals surface area contributed by atoms with Gasteiger partial charge in [-0.1, -0.05) is 18.2 Å². The van der Waals surface area contributed by atoms with E-state index in [-0.39, 0.29) is 5.91 Å². The van der Waals surface area contributed by atoms with Gasteiger partial charge in [0.25, 0.3) is 0 Å². The third-order valence-corrected chi connectivity index (χ3v) is 7.24. The number of nitrogens with zero attached hydrogens (tertiary/aromatic N) is 3. The van der Waals surface area contributed by atoms with Crippen LogP contribution in [0.2, 0.25) is 0 Å². The van der Waals surface area contributed by atoms with Crippen LogP contribution in [0.25, 0.3) is 10.2 Å². The number of rotatable bonds is 8. The summed E-state index contributed by atoms with van der Waals surface area (Å²) in [5.74, 6) is 0.953. The van der Waals surface area contributed by atoms with Crippen LogP contribution in [0.5, 0.6) is 5.75 Å². The number of thiazole rings is 1. The van der Waals surface area contributed by atoms with Gasteiger partial charge in [-0.2, -0.15) is 0 Å². The molecule has 1 atom stereocenters. The van der Waals surface area contributed by atoms with Crippen LogP contribution in [0.3, 0.4) is 0 Å². The van der Waals surface area contributed by atoms with E-state index >= 15 is 0 Å². The van der Waals surface area contributed by atoms with Crippen molar-refractivity contribution in [2.24, 2.45) is 0 Å². The number of hydrogen-bond acceptors (Lipinski definition) is 6. The number of ether oxygens (including phenoxy) is 1. The minimum absolute atomic E-state index is 0.0636. The number of carbonyl (C=O) groups is 1. The molecule has 33 heavy (non-hydrogen) atoms. The number of hydrogen-bond donors (Lipinski definition) is 1. The highest BCUT2D eigenvalue weighted by Crippen LogP contribution is 2.25. The maximum absolute atomic E-state index is 12.6. The van der Waals surface area contributed by atoms with Gasteiger partial charge in [0.15, 0.2) is 0 Å². The minimum Gasteiger partial charge on any atom is -0.493 e. The molecule has 0 aliphatic carbocycles. The van der Waals surface area contributed by atoms with Crippen LogP contribution < -0.4 is 10.1 Å². The molecule has 0 unspecified atom stereocenters.